The molecule has 0 bridgehead atoms. The summed E-state index contributed by atoms with van der Waals surface area (Å²) in [5.41, 5.74) is 0. The van der Waals surface area contributed by atoms with Crippen LogP contribution in [0.3, 0.4) is 0 Å². The van der Waals surface area contributed by atoms with Crippen molar-refractivity contribution < 1.29 is 9.63 Å². The van der Waals surface area contributed by atoms with E-state index in [1.807, 2.05) is 0 Å². The SMILES string of the molecule is CC(=O)C1NCC=NO1. The van der Waals surface area contributed by atoms with Crippen molar-refractivity contribution in [3.63, 3.8) is 0 Å². The predicted octanol–water partition coefficient (Wildman–Crippen LogP) is -0.493. The van der Waals surface area contributed by atoms with E-state index in [2.05, 4.69) is 15.3 Å². The lowest BCUT2D eigenvalue weighted by Crippen LogP contribution is -2.40. The molecule has 1 heterocycles. The zero-order valence-electron chi connectivity index (χ0n) is 5.13. The van der Waals surface area contributed by atoms with Crippen LogP contribution in [0.25, 0.3) is 0 Å². The van der Waals surface area contributed by atoms with Gasteiger partial charge in [-0.25, -0.2) is 0 Å². The van der Waals surface area contributed by atoms with Crippen LogP contribution in [0.4, 0.5) is 0 Å². The first kappa shape index (κ1) is 6.22. The molecule has 1 atom stereocenters. The van der Waals surface area contributed by atoms with E-state index in [4.69, 9.17) is 0 Å². The average Bonchev–Trinajstić information content (AvgIpc) is 1.90. The molecule has 1 aliphatic rings. The van der Waals surface area contributed by atoms with Crippen LogP contribution >= 0.6 is 0 Å². The Balaban J connectivity index is 2.44. The van der Waals surface area contributed by atoms with Crippen LogP contribution in [-0.2, 0) is 9.63 Å². The fourth-order valence-electron chi connectivity index (χ4n) is 0.556. The fourth-order valence-corrected chi connectivity index (χ4v) is 0.556. The van der Waals surface area contributed by atoms with Gasteiger partial charge in [-0.1, -0.05) is 5.16 Å². The highest BCUT2D eigenvalue weighted by Crippen LogP contribution is 1.92. The maximum absolute atomic E-state index is 10.5. The van der Waals surface area contributed by atoms with E-state index in [0.29, 0.717) is 6.54 Å². The second kappa shape index (κ2) is 2.59. The van der Waals surface area contributed by atoms with Gasteiger partial charge in [0, 0.05) is 6.54 Å². The maximum Gasteiger partial charge on any atom is 0.237 e. The van der Waals surface area contributed by atoms with Gasteiger partial charge >= 0.3 is 0 Å². The number of carbonyl (C=O) groups excluding carboxylic acids is 1. The molecule has 0 fully saturated rings. The number of nitrogens with zero attached hydrogens (tertiary/aromatic N) is 1. The molecule has 1 rings (SSSR count). The standard InChI is InChI=1S/C5H8N2O2/c1-4(8)5-6-2-3-7-9-5/h3,5-6H,2H2,1H3. The summed E-state index contributed by atoms with van der Waals surface area (Å²) in [6.07, 6.45) is 1.04. The molecular formula is C5H8N2O2. The van der Waals surface area contributed by atoms with Gasteiger partial charge in [-0.15, -0.1) is 0 Å². The summed E-state index contributed by atoms with van der Waals surface area (Å²) in [4.78, 5) is 15.2. The lowest BCUT2D eigenvalue weighted by molar-refractivity contribution is -0.130. The molecule has 1 aliphatic heterocycles. The van der Waals surface area contributed by atoms with Crippen molar-refractivity contribution in [3.05, 3.63) is 0 Å². The summed E-state index contributed by atoms with van der Waals surface area (Å²) in [5.74, 6) is -0.0492. The molecule has 4 heteroatoms. The van der Waals surface area contributed by atoms with E-state index in [-0.39, 0.29) is 5.78 Å². The van der Waals surface area contributed by atoms with Gasteiger partial charge in [0.05, 0.1) is 6.21 Å². The average molecular weight is 128 g/mol. The second-order valence-electron chi connectivity index (χ2n) is 1.79. The number of hydrogen-bond donors (Lipinski definition) is 1. The molecule has 50 valence electrons. The molecule has 0 aromatic carbocycles. The first-order chi connectivity index (χ1) is 4.30. The summed E-state index contributed by atoms with van der Waals surface area (Å²) in [6.45, 7) is 2.06. The van der Waals surface area contributed by atoms with E-state index >= 15 is 0 Å². The van der Waals surface area contributed by atoms with Gasteiger partial charge in [-0.05, 0) is 6.92 Å². The normalized spacial score (nSPS) is 25.2. The van der Waals surface area contributed by atoms with Crippen LogP contribution < -0.4 is 5.32 Å². The number of nitrogens with one attached hydrogen (secondary N) is 1. The summed E-state index contributed by atoms with van der Waals surface area (Å²) < 4.78 is 0. The lowest BCUT2D eigenvalue weighted by Gasteiger charge is -2.14. The third-order valence-corrected chi connectivity index (χ3v) is 1.00. The van der Waals surface area contributed by atoms with Gasteiger partial charge in [0.15, 0.2) is 5.78 Å². The lowest BCUT2D eigenvalue weighted by atomic mass is 10.4. The first-order valence-electron chi connectivity index (χ1n) is 2.72. The quantitative estimate of drug-likeness (QED) is 0.518. The molecule has 0 aromatic rings. The molecule has 0 aromatic heterocycles. The van der Waals surface area contributed by atoms with Crippen molar-refractivity contribution in [1.29, 1.82) is 0 Å². The van der Waals surface area contributed by atoms with Crippen LogP contribution in [-0.4, -0.2) is 24.8 Å². The molecule has 1 N–H and O–H groups in total. The number of hydrogen-bond acceptors (Lipinski definition) is 4. The number of ketones is 1. The minimum atomic E-state index is -0.532. The van der Waals surface area contributed by atoms with Crippen molar-refractivity contribution in [1.82, 2.24) is 5.32 Å². The van der Waals surface area contributed by atoms with E-state index in [1.54, 1.807) is 6.21 Å². The van der Waals surface area contributed by atoms with Crippen LogP contribution in [0.2, 0.25) is 0 Å². The van der Waals surface area contributed by atoms with Gasteiger partial charge in [0.1, 0.15) is 0 Å². The Kier molecular flexibility index (Phi) is 1.79. The second-order valence-corrected chi connectivity index (χ2v) is 1.79. The maximum atomic E-state index is 10.5. The predicted molar refractivity (Wildman–Crippen MR) is 32.0 cm³/mol. The van der Waals surface area contributed by atoms with Gasteiger partial charge in [-0.2, -0.15) is 0 Å². The highest BCUT2D eigenvalue weighted by molar-refractivity contribution is 5.80. The zero-order chi connectivity index (χ0) is 6.69. The molecule has 1 unspecified atom stereocenters. The number of Topliss-reactive ketones (excluding diaryl/α,β-unsaturated/α-hetero) is 1. The number of oxime groups is 1. The van der Waals surface area contributed by atoms with Crippen LogP contribution in [0, 0.1) is 0 Å². The number of carbonyl (C=O) groups is 1. The summed E-state index contributed by atoms with van der Waals surface area (Å²) in [6, 6.07) is 0. The Labute approximate surface area is 52.9 Å². The third kappa shape index (κ3) is 1.50. The third-order valence-electron chi connectivity index (χ3n) is 1.00. The van der Waals surface area contributed by atoms with Crippen LogP contribution in [0.1, 0.15) is 6.92 Å². The van der Waals surface area contributed by atoms with Gasteiger partial charge in [0.2, 0.25) is 6.23 Å². The number of rotatable bonds is 1. The van der Waals surface area contributed by atoms with Crippen LogP contribution in [0.5, 0.6) is 0 Å². The smallest absolute Gasteiger partial charge is 0.237 e. The van der Waals surface area contributed by atoms with Crippen molar-refractivity contribution in [2.75, 3.05) is 6.54 Å². The fraction of sp³-hybridized carbons (Fsp3) is 0.600. The van der Waals surface area contributed by atoms with Gasteiger partial charge in [0.25, 0.3) is 0 Å². The Hall–Kier alpha value is -0.900. The molecule has 0 spiro atoms. The topological polar surface area (TPSA) is 50.7 Å². The summed E-state index contributed by atoms with van der Waals surface area (Å²) in [7, 11) is 0. The van der Waals surface area contributed by atoms with E-state index in [0.717, 1.165) is 0 Å². The van der Waals surface area contributed by atoms with Gasteiger partial charge in [-0.3, -0.25) is 10.1 Å². The van der Waals surface area contributed by atoms with Crippen LogP contribution in [0.15, 0.2) is 5.16 Å². The molecule has 4 nitrogen and oxygen atoms in total. The Bertz CT molecular complexity index is 144. The highest BCUT2D eigenvalue weighted by Gasteiger charge is 2.15. The minimum Gasteiger partial charge on any atom is -0.369 e. The monoisotopic (exact) mass is 128 g/mol. The summed E-state index contributed by atoms with van der Waals surface area (Å²) in [5, 5.41) is 6.27. The Morgan fingerprint density at radius 3 is 3.11 bits per heavy atom. The minimum absolute atomic E-state index is 0.0492. The Morgan fingerprint density at radius 1 is 2.00 bits per heavy atom. The zero-order valence-corrected chi connectivity index (χ0v) is 5.13. The van der Waals surface area contributed by atoms with Crippen molar-refractivity contribution in [3.8, 4) is 0 Å². The van der Waals surface area contributed by atoms with Gasteiger partial charge < -0.3 is 4.84 Å². The highest BCUT2D eigenvalue weighted by atomic mass is 16.7. The first-order valence-corrected chi connectivity index (χ1v) is 2.72. The molecule has 0 amide bonds. The molecule has 0 saturated heterocycles. The molecule has 0 saturated carbocycles. The van der Waals surface area contributed by atoms with E-state index in [9.17, 15) is 4.79 Å². The molecular weight excluding hydrogens is 120 g/mol. The molecule has 9 heavy (non-hydrogen) atoms. The largest absolute Gasteiger partial charge is 0.369 e. The van der Waals surface area contributed by atoms with Crippen molar-refractivity contribution in [2.45, 2.75) is 13.2 Å². The van der Waals surface area contributed by atoms with Crippen molar-refractivity contribution in [2.24, 2.45) is 5.16 Å². The molecule has 0 radical (unpaired) electrons. The van der Waals surface area contributed by atoms with Crippen molar-refractivity contribution >= 4 is 12.0 Å². The summed E-state index contributed by atoms with van der Waals surface area (Å²) >= 11 is 0. The Morgan fingerprint density at radius 2 is 2.78 bits per heavy atom. The van der Waals surface area contributed by atoms with E-state index < -0.39 is 6.23 Å². The van der Waals surface area contributed by atoms with E-state index in [1.165, 1.54) is 6.92 Å². The molecule has 0 aliphatic carbocycles.